The second kappa shape index (κ2) is 3.54. The van der Waals surface area contributed by atoms with E-state index in [4.69, 9.17) is 5.14 Å². The number of nitrogens with zero attached hydrogens (tertiary/aromatic N) is 4. The Hall–Kier alpha value is -0.990. The molecular weight excluding hydrogens is 218 g/mol. The van der Waals surface area contributed by atoms with Gasteiger partial charge in [-0.2, -0.15) is 12.7 Å². The van der Waals surface area contributed by atoms with Gasteiger partial charge in [0.05, 0.1) is 6.54 Å². The first kappa shape index (κ1) is 10.5. The average Bonchev–Trinajstić information content (AvgIpc) is 2.67. The summed E-state index contributed by atoms with van der Waals surface area (Å²) < 4.78 is 25.0. The largest absolute Gasteiger partial charge is 0.314 e. The number of aryl methyl sites for hydroxylation is 1. The van der Waals surface area contributed by atoms with Gasteiger partial charge in [-0.3, -0.25) is 0 Å². The fourth-order valence-corrected chi connectivity index (χ4v) is 1.91. The molecule has 0 bridgehead atoms. The minimum absolute atomic E-state index is 0.172. The van der Waals surface area contributed by atoms with E-state index in [2.05, 4.69) is 10.2 Å². The molecular formula is C7H13N5O2S. The average molecular weight is 231 g/mol. The highest BCUT2D eigenvalue weighted by Gasteiger charge is 2.20. The zero-order valence-corrected chi connectivity index (χ0v) is 9.24. The Labute approximate surface area is 88.1 Å². The van der Waals surface area contributed by atoms with E-state index in [0.717, 1.165) is 29.5 Å². The molecule has 2 heterocycles. The molecule has 0 fully saturated rings. The number of aromatic nitrogens is 3. The lowest BCUT2D eigenvalue weighted by Crippen LogP contribution is -2.33. The third-order valence-electron chi connectivity index (χ3n) is 2.48. The molecule has 1 aromatic heterocycles. The molecule has 0 amide bonds. The van der Waals surface area contributed by atoms with Gasteiger partial charge in [0.15, 0.2) is 0 Å². The maximum Gasteiger partial charge on any atom is 0.277 e. The topological polar surface area (TPSA) is 94.1 Å². The summed E-state index contributed by atoms with van der Waals surface area (Å²) in [5, 5.41) is 12.9. The van der Waals surface area contributed by atoms with E-state index >= 15 is 0 Å². The highest BCUT2D eigenvalue weighted by atomic mass is 32.2. The molecule has 0 radical (unpaired) electrons. The Morgan fingerprint density at radius 2 is 2.27 bits per heavy atom. The van der Waals surface area contributed by atoms with Gasteiger partial charge in [0.1, 0.15) is 11.6 Å². The van der Waals surface area contributed by atoms with E-state index < -0.39 is 10.2 Å². The molecule has 8 heteroatoms. The van der Waals surface area contributed by atoms with E-state index in [-0.39, 0.29) is 6.54 Å². The summed E-state index contributed by atoms with van der Waals surface area (Å²) in [5.74, 6) is 1.58. The third-order valence-corrected chi connectivity index (χ3v) is 3.48. The fourth-order valence-electron chi connectivity index (χ4n) is 1.62. The lowest BCUT2D eigenvalue weighted by molar-refractivity contribution is 0.448. The quantitative estimate of drug-likeness (QED) is 0.711. The molecule has 2 N–H and O–H groups in total. The van der Waals surface area contributed by atoms with Gasteiger partial charge >= 0.3 is 0 Å². The fraction of sp³-hybridized carbons (Fsp3) is 0.714. The van der Waals surface area contributed by atoms with Crippen LogP contribution in [0, 0.1) is 0 Å². The van der Waals surface area contributed by atoms with E-state index in [9.17, 15) is 8.42 Å². The number of hydrogen-bond acceptors (Lipinski definition) is 4. The summed E-state index contributed by atoms with van der Waals surface area (Å²) in [6.07, 6.45) is 1.95. The van der Waals surface area contributed by atoms with Gasteiger partial charge in [-0.05, 0) is 6.42 Å². The van der Waals surface area contributed by atoms with E-state index in [1.165, 1.54) is 7.05 Å². The standard InChI is InChI=1S/C7H13N5O2S/c1-11(15(8,13)14)5-7-10-9-6-3-2-4-12(6)7/h2-5H2,1H3,(H2,8,13,14). The molecule has 1 aliphatic rings. The minimum Gasteiger partial charge on any atom is -0.314 e. The van der Waals surface area contributed by atoms with Crippen LogP contribution in [0.3, 0.4) is 0 Å². The maximum atomic E-state index is 11.0. The third kappa shape index (κ3) is 2.01. The Bertz CT molecular complexity index is 466. The summed E-state index contributed by atoms with van der Waals surface area (Å²) in [6, 6.07) is 0. The van der Waals surface area contributed by atoms with Gasteiger partial charge in [-0.15, -0.1) is 10.2 Å². The van der Waals surface area contributed by atoms with Gasteiger partial charge in [0, 0.05) is 20.0 Å². The monoisotopic (exact) mass is 231 g/mol. The second-order valence-electron chi connectivity index (χ2n) is 3.59. The van der Waals surface area contributed by atoms with Gasteiger partial charge in [-0.1, -0.05) is 0 Å². The molecule has 1 aromatic rings. The summed E-state index contributed by atoms with van der Waals surface area (Å²) >= 11 is 0. The van der Waals surface area contributed by atoms with Gasteiger partial charge < -0.3 is 4.57 Å². The summed E-state index contributed by atoms with van der Waals surface area (Å²) in [5.41, 5.74) is 0. The van der Waals surface area contributed by atoms with Crippen molar-refractivity contribution in [1.29, 1.82) is 0 Å². The van der Waals surface area contributed by atoms with Crippen LogP contribution in [-0.2, 0) is 29.7 Å². The Morgan fingerprint density at radius 3 is 2.93 bits per heavy atom. The number of hydrogen-bond donors (Lipinski definition) is 1. The molecule has 0 atom stereocenters. The molecule has 2 rings (SSSR count). The zero-order chi connectivity index (χ0) is 11.1. The van der Waals surface area contributed by atoms with Crippen LogP contribution in [0.25, 0.3) is 0 Å². The molecule has 0 spiro atoms. The van der Waals surface area contributed by atoms with Crippen LogP contribution in [0.15, 0.2) is 0 Å². The first-order valence-corrected chi connectivity index (χ1v) is 6.14. The molecule has 15 heavy (non-hydrogen) atoms. The first-order valence-electron chi connectivity index (χ1n) is 4.63. The van der Waals surface area contributed by atoms with Crippen molar-refractivity contribution in [2.45, 2.75) is 25.9 Å². The van der Waals surface area contributed by atoms with Crippen LogP contribution in [0.2, 0.25) is 0 Å². The number of fused-ring (bicyclic) bond motifs is 1. The first-order chi connectivity index (χ1) is 6.98. The molecule has 0 aliphatic carbocycles. The smallest absolute Gasteiger partial charge is 0.277 e. The SMILES string of the molecule is CN(Cc1nnc2n1CCC2)S(N)(=O)=O. The Kier molecular flexibility index (Phi) is 2.49. The number of rotatable bonds is 3. The van der Waals surface area contributed by atoms with Crippen LogP contribution in [0.5, 0.6) is 0 Å². The highest BCUT2D eigenvalue weighted by molar-refractivity contribution is 7.86. The molecule has 7 nitrogen and oxygen atoms in total. The minimum atomic E-state index is -3.64. The lowest BCUT2D eigenvalue weighted by atomic mass is 10.4. The van der Waals surface area contributed by atoms with Crippen molar-refractivity contribution < 1.29 is 8.42 Å². The lowest BCUT2D eigenvalue weighted by Gasteiger charge is -2.12. The second-order valence-corrected chi connectivity index (χ2v) is 5.24. The van der Waals surface area contributed by atoms with E-state index in [1.807, 2.05) is 4.57 Å². The summed E-state index contributed by atoms with van der Waals surface area (Å²) in [6.45, 7) is 1.03. The van der Waals surface area contributed by atoms with Crippen LogP contribution in [0.1, 0.15) is 18.1 Å². The van der Waals surface area contributed by atoms with Crippen molar-refractivity contribution in [3.63, 3.8) is 0 Å². The maximum absolute atomic E-state index is 11.0. The Balaban J connectivity index is 2.19. The van der Waals surface area contributed by atoms with Crippen molar-refractivity contribution in [3.8, 4) is 0 Å². The van der Waals surface area contributed by atoms with Crippen molar-refractivity contribution in [1.82, 2.24) is 19.1 Å². The van der Waals surface area contributed by atoms with Gasteiger partial charge in [0.2, 0.25) is 0 Å². The molecule has 1 aliphatic heterocycles. The van der Waals surface area contributed by atoms with Crippen LogP contribution < -0.4 is 5.14 Å². The van der Waals surface area contributed by atoms with Crippen molar-refractivity contribution in [2.75, 3.05) is 7.05 Å². The van der Waals surface area contributed by atoms with E-state index in [0.29, 0.717) is 5.82 Å². The van der Waals surface area contributed by atoms with Crippen LogP contribution >= 0.6 is 0 Å². The molecule has 0 saturated heterocycles. The summed E-state index contributed by atoms with van der Waals surface area (Å²) in [4.78, 5) is 0. The molecule has 0 unspecified atom stereocenters. The molecule has 0 saturated carbocycles. The molecule has 0 aromatic carbocycles. The molecule has 84 valence electrons. The van der Waals surface area contributed by atoms with Crippen molar-refractivity contribution >= 4 is 10.2 Å². The van der Waals surface area contributed by atoms with Crippen molar-refractivity contribution in [2.24, 2.45) is 5.14 Å². The van der Waals surface area contributed by atoms with Crippen molar-refractivity contribution in [3.05, 3.63) is 11.6 Å². The summed E-state index contributed by atoms with van der Waals surface area (Å²) in [7, 11) is -2.22. The zero-order valence-electron chi connectivity index (χ0n) is 8.42. The van der Waals surface area contributed by atoms with Crippen LogP contribution in [0.4, 0.5) is 0 Å². The highest BCUT2D eigenvalue weighted by Crippen LogP contribution is 2.15. The number of nitrogens with two attached hydrogens (primary N) is 1. The predicted octanol–water partition coefficient (Wildman–Crippen LogP) is -1.14. The predicted molar refractivity (Wildman–Crippen MR) is 52.9 cm³/mol. The van der Waals surface area contributed by atoms with Gasteiger partial charge in [-0.25, -0.2) is 5.14 Å². The van der Waals surface area contributed by atoms with Gasteiger partial charge in [0.25, 0.3) is 10.2 Å². The Morgan fingerprint density at radius 1 is 1.53 bits per heavy atom. The van der Waals surface area contributed by atoms with Crippen LogP contribution in [-0.4, -0.2) is 34.5 Å². The normalized spacial score (nSPS) is 15.9. The van der Waals surface area contributed by atoms with E-state index in [1.54, 1.807) is 0 Å².